The summed E-state index contributed by atoms with van der Waals surface area (Å²) in [7, 11) is 0. The number of carbonyl (C=O) groups excluding carboxylic acids is 1. The number of para-hydroxylation sites is 2. The average molecular weight is 445 g/mol. The zero-order chi connectivity index (χ0) is 23.3. The third-order valence-electron chi connectivity index (χ3n) is 5.29. The van der Waals surface area contributed by atoms with Gasteiger partial charge in [-0.1, -0.05) is 48.5 Å². The second-order valence-corrected chi connectivity index (χ2v) is 7.61. The summed E-state index contributed by atoms with van der Waals surface area (Å²) < 4.78 is 13.1. The van der Waals surface area contributed by atoms with Crippen molar-refractivity contribution in [2.24, 2.45) is 0 Å². The predicted octanol–water partition coefficient (Wildman–Crippen LogP) is 5.91. The number of carbonyl (C=O) groups is 1. The summed E-state index contributed by atoms with van der Waals surface area (Å²) in [5.41, 5.74) is 4.37. The van der Waals surface area contributed by atoms with Crippen LogP contribution >= 0.6 is 0 Å². The highest BCUT2D eigenvalue weighted by Crippen LogP contribution is 2.30. The Morgan fingerprint density at radius 1 is 1.03 bits per heavy atom. The molecule has 0 saturated carbocycles. The number of nitriles is 1. The van der Waals surface area contributed by atoms with Gasteiger partial charge in [-0.25, -0.2) is 9.48 Å². The highest BCUT2D eigenvalue weighted by molar-refractivity contribution is 5.89. The second-order valence-electron chi connectivity index (χ2n) is 7.61. The highest BCUT2D eigenvalue weighted by Gasteiger charge is 2.15. The van der Waals surface area contributed by atoms with Crippen LogP contribution in [-0.4, -0.2) is 15.7 Å². The van der Waals surface area contributed by atoms with Gasteiger partial charge in [0.1, 0.15) is 17.9 Å². The number of rotatable bonds is 6. The number of fused-ring (bicyclic) bond motifs is 1. The van der Waals surface area contributed by atoms with Crippen molar-refractivity contribution in [1.29, 1.82) is 5.26 Å². The molecular weight excluding hydrogens is 426 g/mol. The van der Waals surface area contributed by atoms with Crippen LogP contribution in [0, 0.1) is 11.3 Å². The van der Waals surface area contributed by atoms with Crippen LogP contribution in [0.25, 0.3) is 34.2 Å². The van der Waals surface area contributed by atoms with Crippen LogP contribution in [0.3, 0.4) is 0 Å². The number of hydrogen-bond donors (Lipinski definition) is 0. The number of furan rings is 1. The Balaban J connectivity index is 1.41. The van der Waals surface area contributed by atoms with Gasteiger partial charge in [0.05, 0.1) is 17.3 Å². The maximum atomic E-state index is 12.4. The third-order valence-corrected chi connectivity index (χ3v) is 5.29. The lowest BCUT2D eigenvalue weighted by Gasteiger charge is -2.02. The first-order valence-corrected chi connectivity index (χ1v) is 10.7. The summed E-state index contributed by atoms with van der Waals surface area (Å²) >= 11 is 0. The van der Waals surface area contributed by atoms with Crippen LogP contribution in [0.15, 0.2) is 102 Å². The number of nitrogens with zero attached hydrogens (tertiary/aromatic N) is 3. The fraction of sp³-hybridized carbons (Fsp3) is 0.0357. The summed E-state index contributed by atoms with van der Waals surface area (Å²) in [5.74, 6) is 0.133. The molecular formula is C28H19N3O3. The van der Waals surface area contributed by atoms with Gasteiger partial charge in [-0.05, 0) is 48.0 Å². The van der Waals surface area contributed by atoms with Crippen LogP contribution in [0.5, 0.6) is 0 Å². The van der Waals surface area contributed by atoms with Crippen molar-refractivity contribution in [3.63, 3.8) is 0 Å². The molecule has 0 spiro atoms. The molecule has 0 N–H and O–H groups in total. The van der Waals surface area contributed by atoms with E-state index in [1.54, 1.807) is 35.0 Å². The van der Waals surface area contributed by atoms with Gasteiger partial charge in [-0.2, -0.15) is 10.4 Å². The normalized spacial score (nSPS) is 11.0. The monoisotopic (exact) mass is 445 g/mol. The Bertz CT molecular complexity index is 1490. The molecule has 0 unspecified atom stereocenters. The molecule has 0 bridgehead atoms. The molecule has 164 valence electrons. The van der Waals surface area contributed by atoms with Crippen molar-refractivity contribution in [1.82, 2.24) is 9.78 Å². The van der Waals surface area contributed by atoms with Crippen molar-refractivity contribution in [2.75, 3.05) is 0 Å². The Labute approximate surface area is 195 Å². The maximum Gasteiger partial charge on any atom is 0.331 e. The molecule has 0 saturated heterocycles. The van der Waals surface area contributed by atoms with Crippen molar-refractivity contribution in [2.45, 2.75) is 6.61 Å². The van der Waals surface area contributed by atoms with Crippen LogP contribution < -0.4 is 0 Å². The van der Waals surface area contributed by atoms with E-state index < -0.39 is 5.97 Å². The molecule has 5 aromatic rings. The lowest BCUT2D eigenvalue weighted by atomic mass is 10.1. The average Bonchev–Trinajstić information content (AvgIpc) is 3.51. The Morgan fingerprint density at radius 3 is 2.56 bits per heavy atom. The van der Waals surface area contributed by atoms with E-state index in [0.717, 1.165) is 27.8 Å². The molecule has 3 aromatic carbocycles. The number of ether oxygens (including phenoxy) is 1. The third kappa shape index (κ3) is 4.50. The first-order valence-electron chi connectivity index (χ1n) is 10.7. The number of esters is 1. The summed E-state index contributed by atoms with van der Waals surface area (Å²) in [6.07, 6.45) is 4.90. The van der Waals surface area contributed by atoms with Gasteiger partial charge >= 0.3 is 5.97 Å². The van der Waals surface area contributed by atoms with Gasteiger partial charge in [0, 0.05) is 23.2 Å². The van der Waals surface area contributed by atoms with E-state index in [2.05, 4.69) is 6.07 Å². The van der Waals surface area contributed by atoms with Gasteiger partial charge in [0.2, 0.25) is 0 Å². The highest BCUT2D eigenvalue weighted by atomic mass is 16.5. The van der Waals surface area contributed by atoms with E-state index in [1.165, 1.54) is 6.08 Å². The quantitative estimate of drug-likeness (QED) is 0.240. The van der Waals surface area contributed by atoms with Crippen LogP contribution in [0.4, 0.5) is 0 Å². The molecule has 0 aliphatic heterocycles. The summed E-state index contributed by atoms with van der Waals surface area (Å²) in [4.78, 5) is 12.4. The smallest absolute Gasteiger partial charge is 0.331 e. The minimum atomic E-state index is -0.479. The van der Waals surface area contributed by atoms with Gasteiger partial charge in [-0.3, -0.25) is 0 Å². The largest absolute Gasteiger partial charge is 0.458 e. The maximum absolute atomic E-state index is 12.4. The molecule has 5 rings (SSSR count). The van der Waals surface area contributed by atoms with Crippen molar-refractivity contribution >= 4 is 23.0 Å². The molecule has 6 nitrogen and oxygen atoms in total. The molecule has 34 heavy (non-hydrogen) atoms. The van der Waals surface area contributed by atoms with Crippen molar-refractivity contribution in [3.05, 3.63) is 114 Å². The molecule has 0 atom stereocenters. The van der Waals surface area contributed by atoms with E-state index >= 15 is 0 Å². The summed E-state index contributed by atoms with van der Waals surface area (Å²) in [5, 5.41) is 14.6. The molecule has 0 radical (unpaired) electrons. The predicted molar refractivity (Wildman–Crippen MR) is 129 cm³/mol. The Morgan fingerprint density at radius 2 is 1.79 bits per heavy atom. The van der Waals surface area contributed by atoms with E-state index in [-0.39, 0.29) is 6.61 Å². The summed E-state index contributed by atoms with van der Waals surface area (Å²) in [6.45, 7) is 0.120. The van der Waals surface area contributed by atoms with Crippen LogP contribution in [0.1, 0.15) is 16.7 Å². The van der Waals surface area contributed by atoms with Crippen LogP contribution in [-0.2, 0) is 16.1 Å². The number of aromatic nitrogens is 2. The van der Waals surface area contributed by atoms with Crippen molar-refractivity contribution < 1.29 is 13.9 Å². The second kappa shape index (κ2) is 9.31. The molecule has 0 fully saturated rings. The Hall–Kier alpha value is -4.89. The van der Waals surface area contributed by atoms with Gasteiger partial charge in [0.15, 0.2) is 5.76 Å². The number of hydrogen-bond acceptors (Lipinski definition) is 5. The fourth-order valence-electron chi connectivity index (χ4n) is 3.55. The van der Waals surface area contributed by atoms with E-state index in [9.17, 15) is 4.79 Å². The molecule has 6 heteroatoms. The van der Waals surface area contributed by atoms with E-state index in [0.29, 0.717) is 17.0 Å². The van der Waals surface area contributed by atoms with Gasteiger partial charge < -0.3 is 9.15 Å². The first kappa shape index (κ1) is 21.0. The van der Waals surface area contributed by atoms with Crippen LogP contribution in [0.2, 0.25) is 0 Å². The molecule has 0 amide bonds. The summed E-state index contributed by atoms with van der Waals surface area (Å²) in [6, 6.07) is 28.4. The molecule has 2 heterocycles. The van der Waals surface area contributed by atoms with Gasteiger partial charge in [0.25, 0.3) is 0 Å². The minimum Gasteiger partial charge on any atom is -0.458 e. The standard InChI is InChI=1S/C28H19N3O3/c29-17-20-10-12-21(13-11-20)19-33-27(32)15-14-23-18-31(24-7-2-1-3-8-24)30-28(23)26-16-22-6-4-5-9-25(22)34-26/h1-16,18H,19H2. The van der Waals surface area contributed by atoms with Crippen molar-refractivity contribution in [3.8, 4) is 23.2 Å². The minimum absolute atomic E-state index is 0.120. The number of benzene rings is 3. The van der Waals surface area contributed by atoms with E-state index in [4.69, 9.17) is 19.5 Å². The molecule has 0 aliphatic rings. The van der Waals surface area contributed by atoms with E-state index in [1.807, 2.05) is 66.9 Å². The molecule has 0 aliphatic carbocycles. The zero-order valence-corrected chi connectivity index (χ0v) is 18.1. The SMILES string of the molecule is N#Cc1ccc(COC(=O)C=Cc2cn(-c3ccccc3)nc2-c2cc3ccccc3o2)cc1. The first-order chi connectivity index (χ1) is 16.7. The lowest BCUT2D eigenvalue weighted by Crippen LogP contribution is -2.00. The van der Waals surface area contributed by atoms with Gasteiger partial charge in [-0.15, -0.1) is 0 Å². The topological polar surface area (TPSA) is 81.0 Å². The Kier molecular flexibility index (Phi) is 5.74. The zero-order valence-electron chi connectivity index (χ0n) is 18.1. The molecule has 2 aromatic heterocycles. The fourth-order valence-corrected chi connectivity index (χ4v) is 3.55. The lowest BCUT2D eigenvalue weighted by molar-refractivity contribution is -0.138.